The first-order valence-electron chi connectivity index (χ1n) is 5.59. The number of carbonyl (C=O) groups is 1. The lowest BCUT2D eigenvalue weighted by molar-refractivity contribution is 0.0600. The zero-order valence-corrected chi connectivity index (χ0v) is 10.6. The number of methoxy groups -OCH3 is 1. The number of hydrogen-bond donors (Lipinski definition) is 1. The van der Waals surface area contributed by atoms with Crippen molar-refractivity contribution in [3.63, 3.8) is 0 Å². The van der Waals surface area contributed by atoms with Gasteiger partial charge >= 0.3 is 5.97 Å². The van der Waals surface area contributed by atoms with Gasteiger partial charge in [-0.3, -0.25) is 0 Å². The normalized spacial score (nSPS) is 18.9. The van der Waals surface area contributed by atoms with Gasteiger partial charge in [0.15, 0.2) is 0 Å². The topological polar surface area (TPSA) is 68.1 Å². The summed E-state index contributed by atoms with van der Waals surface area (Å²) < 4.78 is 10.4. The van der Waals surface area contributed by atoms with Crippen molar-refractivity contribution in [2.45, 2.75) is 25.9 Å². The van der Waals surface area contributed by atoms with Crippen molar-refractivity contribution in [3.8, 4) is 5.75 Å². The highest BCUT2D eigenvalue weighted by Gasteiger charge is 2.32. The van der Waals surface area contributed by atoms with Crippen LogP contribution in [0.1, 0.15) is 36.2 Å². The molecule has 5 heteroatoms. The molecule has 0 aliphatic carbocycles. The zero-order valence-electron chi connectivity index (χ0n) is 10.6. The number of rotatable bonds is 1. The lowest BCUT2D eigenvalue weighted by Gasteiger charge is -2.32. The van der Waals surface area contributed by atoms with Crippen LogP contribution in [-0.4, -0.2) is 29.6 Å². The van der Waals surface area contributed by atoms with Crippen LogP contribution in [0.2, 0.25) is 0 Å². The number of hydrogen-bond acceptors (Lipinski definition) is 5. The van der Waals surface area contributed by atoms with Gasteiger partial charge in [-0.05, 0) is 32.0 Å². The summed E-state index contributed by atoms with van der Waals surface area (Å²) in [5, 5.41) is 12.4. The molecular weight excluding hydrogens is 234 g/mol. The summed E-state index contributed by atoms with van der Waals surface area (Å²) in [5.74, 6) is 0.173. The average Bonchev–Trinajstić information content (AvgIpc) is 2.35. The van der Waals surface area contributed by atoms with Crippen LogP contribution in [0.15, 0.2) is 23.4 Å². The molecule has 1 heterocycles. The number of oxime groups is 1. The maximum absolute atomic E-state index is 11.5. The van der Waals surface area contributed by atoms with Crippen LogP contribution < -0.4 is 4.74 Å². The molecule has 1 aliphatic rings. The van der Waals surface area contributed by atoms with Crippen LogP contribution in [0.3, 0.4) is 0 Å². The number of carbonyl (C=O) groups excluding carboxylic acids is 1. The first kappa shape index (κ1) is 12.4. The largest absolute Gasteiger partial charge is 0.487 e. The van der Waals surface area contributed by atoms with Crippen LogP contribution in [0.5, 0.6) is 5.75 Å². The summed E-state index contributed by atoms with van der Waals surface area (Å²) in [6, 6.07) is 4.93. The lowest BCUT2D eigenvalue weighted by atomic mass is 9.91. The Hall–Kier alpha value is -2.04. The van der Waals surface area contributed by atoms with Gasteiger partial charge in [0, 0.05) is 12.0 Å². The van der Waals surface area contributed by atoms with Crippen LogP contribution in [0, 0.1) is 0 Å². The molecule has 96 valence electrons. The molecule has 0 radical (unpaired) electrons. The Kier molecular flexibility index (Phi) is 2.98. The Bertz CT molecular complexity index is 520. The maximum atomic E-state index is 11.5. The van der Waals surface area contributed by atoms with E-state index in [0.717, 1.165) is 0 Å². The van der Waals surface area contributed by atoms with Crippen molar-refractivity contribution in [1.82, 2.24) is 0 Å². The highest BCUT2D eigenvalue weighted by molar-refractivity contribution is 6.05. The van der Waals surface area contributed by atoms with Gasteiger partial charge in [0.2, 0.25) is 0 Å². The van der Waals surface area contributed by atoms with Crippen molar-refractivity contribution in [2.75, 3.05) is 7.11 Å². The molecule has 1 N–H and O–H groups in total. The maximum Gasteiger partial charge on any atom is 0.337 e. The summed E-state index contributed by atoms with van der Waals surface area (Å²) in [6.45, 7) is 3.82. The third-order valence-corrected chi connectivity index (χ3v) is 2.81. The minimum atomic E-state index is -0.431. The highest BCUT2D eigenvalue weighted by Crippen LogP contribution is 2.34. The van der Waals surface area contributed by atoms with Crippen molar-refractivity contribution >= 4 is 11.7 Å². The lowest BCUT2D eigenvalue weighted by Crippen LogP contribution is -2.36. The monoisotopic (exact) mass is 249 g/mol. The quantitative estimate of drug-likeness (QED) is 0.470. The average molecular weight is 249 g/mol. The van der Waals surface area contributed by atoms with E-state index in [1.54, 1.807) is 18.2 Å². The smallest absolute Gasteiger partial charge is 0.337 e. The Morgan fingerprint density at radius 2 is 2.22 bits per heavy atom. The Balaban J connectivity index is 2.50. The third-order valence-electron chi connectivity index (χ3n) is 2.81. The molecule has 2 rings (SSSR count). The predicted octanol–water partition coefficient (Wildman–Crippen LogP) is 2.21. The van der Waals surface area contributed by atoms with Gasteiger partial charge in [-0.1, -0.05) is 5.16 Å². The Labute approximate surface area is 105 Å². The Morgan fingerprint density at radius 1 is 1.50 bits per heavy atom. The van der Waals surface area contributed by atoms with E-state index in [4.69, 9.17) is 9.94 Å². The first-order chi connectivity index (χ1) is 8.46. The molecule has 0 unspecified atom stereocenters. The first-order valence-corrected chi connectivity index (χ1v) is 5.59. The van der Waals surface area contributed by atoms with Crippen LogP contribution in [-0.2, 0) is 4.74 Å². The van der Waals surface area contributed by atoms with E-state index >= 15 is 0 Å². The molecule has 0 amide bonds. The van der Waals surface area contributed by atoms with E-state index in [9.17, 15) is 4.79 Å². The molecule has 0 saturated heterocycles. The fourth-order valence-electron chi connectivity index (χ4n) is 2.01. The van der Waals surface area contributed by atoms with Crippen molar-refractivity contribution in [2.24, 2.45) is 5.16 Å². The molecule has 5 nitrogen and oxygen atoms in total. The fraction of sp³-hybridized carbons (Fsp3) is 0.385. The van der Waals surface area contributed by atoms with E-state index in [0.29, 0.717) is 29.0 Å². The van der Waals surface area contributed by atoms with Gasteiger partial charge in [0.25, 0.3) is 0 Å². The third kappa shape index (κ3) is 2.16. The SMILES string of the molecule is COC(=O)c1ccc2c(c1)C(=NO)CC(C)(C)O2. The van der Waals surface area contributed by atoms with E-state index in [1.165, 1.54) is 7.11 Å². The molecule has 1 aromatic carbocycles. The van der Waals surface area contributed by atoms with E-state index in [-0.39, 0.29) is 0 Å². The van der Waals surface area contributed by atoms with Crippen molar-refractivity contribution < 1.29 is 19.5 Å². The van der Waals surface area contributed by atoms with Gasteiger partial charge in [0.1, 0.15) is 11.4 Å². The molecule has 0 aromatic heterocycles. The van der Waals surface area contributed by atoms with E-state index in [2.05, 4.69) is 9.89 Å². The predicted molar refractivity (Wildman–Crippen MR) is 65.4 cm³/mol. The number of esters is 1. The minimum Gasteiger partial charge on any atom is -0.487 e. The highest BCUT2D eigenvalue weighted by atomic mass is 16.5. The van der Waals surface area contributed by atoms with Crippen LogP contribution in [0.25, 0.3) is 0 Å². The van der Waals surface area contributed by atoms with Gasteiger partial charge in [-0.2, -0.15) is 0 Å². The number of fused-ring (bicyclic) bond motifs is 1. The molecule has 1 aromatic rings. The number of benzene rings is 1. The molecule has 1 aliphatic heterocycles. The van der Waals surface area contributed by atoms with E-state index < -0.39 is 11.6 Å². The molecule has 0 fully saturated rings. The minimum absolute atomic E-state index is 0.403. The zero-order chi connectivity index (χ0) is 13.3. The number of nitrogens with zero attached hydrogens (tertiary/aromatic N) is 1. The van der Waals surface area contributed by atoms with Gasteiger partial charge in [0.05, 0.1) is 18.4 Å². The molecule has 0 saturated carbocycles. The molecule has 0 bridgehead atoms. The standard InChI is InChI=1S/C13H15NO4/c1-13(2)7-10(14-16)9-6-8(12(15)17-3)4-5-11(9)18-13/h4-6,16H,7H2,1-3H3. The molecule has 0 atom stereocenters. The summed E-state index contributed by atoms with van der Waals surface area (Å²) in [6.07, 6.45) is 0.473. The summed E-state index contributed by atoms with van der Waals surface area (Å²) in [4.78, 5) is 11.5. The second-order valence-electron chi connectivity index (χ2n) is 4.79. The van der Waals surface area contributed by atoms with Gasteiger partial charge in [-0.25, -0.2) is 4.79 Å². The fourth-order valence-corrected chi connectivity index (χ4v) is 2.01. The molecule has 0 spiro atoms. The number of ether oxygens (including phenoxy) is 2. The summed E-state index contributed by atoms with van der Waals surface area (Å²) in [7, 11) is 1.32. The molecule has 18 heavy (non-hydrogen) atoms. The van der Waals surface area contributed by atoms with Crippen LogP contribution >= 0.6 is 0 Å². The van der Waals surface area contributed by atoms with Gasteiger partial charge < -0.3 is 14.7 Å². The van der Waals surface area contributed by atoms with Crippen molar-refractivity contribution in [1.29, 1.82) is 0 Å². The van der Waals surface area contributed by atoms with Crippen LogP contribution in [0.4, 0.5) is 0 Å². The molecular formula is C13H15NO4. The second kappa shape index (κ2) is 4.33. The van der Waals surface area contributed by atoms with Crippen molar-refractivity contribution in [3.05, 3.63) is 29.3 Å². The summed E-state index contributed by atoms with van der Waals surface area (Å²) >= 11 is 0. The van der Waals surface area contributed by atoms with Gasteiger partial charge in [-0.15, -0.1) is 0 Å². The second-order valence-corrected chi connectivity index (χ2v) is 4.79. The van der Waals surface area contributed by atoms with E-state index in [1.807, 2.05) is 13.8 Å². The summed E-state index contributed by atoms with van der Waals surface area (Å²) in [5.41, 5.74) is 1.11. The Morgan fingerprint density at radius 3 is 2.83 bits per heavy atom.